The van der Waals surface area contributed by atoms with Crippen molar-refractivity contribution in [3.63, 3.8) is 0 Å². The molecule has 0 saturated carbocycles. The first-order chi connectivity index (χ1) is 7.74. The maximum absolute atomic E-state index is 4.44. The van der Waals surface area contributed by atoms with E-state index >= 15 is 0 Å². The van der Waals surface area contributed by atoms with Gasteiger partial charge in [0.15, 0.2) is 5.16 Å². The quantitative estimate of drug-likeness (QED) is 0.647. The predicted molar refractivity (Wildman–Crippen MR) is 67.9 cm³/mol. The van der Waals surface area contributed by atoms with Crippen LogP contribution >= 0.6 is 11.8 Å². The molecule has 1 fully saturated rings. The van der Waals surface area contributed by atoms with Crippen molar-refractivity contribution in [1.82, 2.24) is 15.3 Å². The summed E-state index contributed by atoms with van der Waals surface area (Å²) < 4.78 is 0. The number of aromatic nitrogens is 2. The van der Waals surface area contributed by atoms with Crippen molar-refractivity contribution in [2.24, 2.45) is 0 Å². The Hall–Kier alpha value is -0.610. The zero-order valence-corrected chi connectivity index (χ0v) is 10.8. The van der Waals surface area contributed by atoms with E-state index in [0.717, 1.165) is 22.3 Å². The molecule has 0 radical (unpaired) electrons. The van der Waals surface area contributed by atoms with Crippen LogP contribution in [0.3, 0.4) is 0 Å². The van der Waals surface area contributed by atoms with Crippen molar-refractivity contribution < 1.29 is 0 Å². The average Bonchev–Trinajstić information content (AvgIpc) is 2.27. The first-order valence-electron chi connectivity index (χ1n) is 5.92. The van der Waals surface area contributed by atoms with Gasteiger partial charge < -0.3 is 5.32 Å². The normalized spacial score (nSPS) is 21.0. The Balaban J connectivity index is 1.88. The molecule has 0 aliphatic carbocycles. The zero-order chi connectivity index (χ0) is 11.4. The minimum absolute atomic E-state index is 0.642. The van der Waals surface area contributed by atoms with Crippen LogP contribution in [-0.4, -0.2) is 28.3 Å². The van der Waals surface area contributed by atoms with Crippen LogP contribution < -0.4 is 5.32 Å². The average molecular weight is 237 g/mol. The van der Waals surface area contributed by atoms with Gasteiger partial charge in [-0.05, 0) is 39.3 Å². The van der Waals surface area contributed by atoms with Gasteiger partial charge >= 0.3 is 0 Å². The smallest absolute Gasteiger partial charge is 0.188 e. The molecule has 0 unspecified atom stereocenters. The van der Waals surface area contributed by atoms with Gasteiger partial charge in [-0.25, -0.2) is 9.97 Å². The molecule has 2 rings (SSSR count). The highest BCUT2D eigenvalue weighted by Crippen LogP contribution is 2.18. The van der Waals surface area contributed by atoms with Gasteiger partial charge in [-0.15, -0.1) is 0 Å². The van der Waals surface area contributed by atoms with E-state index in [1.54, 1.807) is 11.8 Å². The first-order valence-corrected chi connectivity index (χ1v) is 6.91. The summed E-state index contributed by atoms with van der Waals surface area (Å²) in [6, 6.07) is 2.66. The molecule has 3 nitrogen and oxygen atoms in total. The van der Waals surface area contributed by atoms with Crippen molar-refractivity contribution in [2.75, 3.05) is 12.3 Å². The maximum Gasteiger partial charge on any atom is 0.188 e. The number of nitrogens with zero attached hydrogens (tertiary/aromatic N) is 2. The summed E-state index contributed by atoms with van der Waals surface area (Å²) in [6.07, 6.45) is 3.96. The van der Waals surface area contributed by atoms with Gasteiger partial charge in [-0.3, -0.25) is 0 Å². The highest BCUT2D eigenvalue weighted by molar-refractivity contribution is 7.99. The molecular weight excluding hydrogens is 218 g/mol. The summed E-state index contributed by atoms with van der Waals surface area (Å²) >= 11 is 1.77. The lowest BCUT2D eigenvalue weighted by molar-refractivity contribution is 0.429. The Morgan fingerprint density at radius 3 is 2.69 bits per heavy atom. The molecule has 1 N–H and O–H groups in total. The van der Waals surface area contributed by atoms with Crippen LogP contribution in [-0.2, 0) is 0 Å². The largest absolute Gasteiger partial charge is 0.313 e. The molecule has 4 heteroatoms. The molecule has 1 aliphatic heterocycles. The Kier molecular flexibility index (Phi) is 4.18. The fourth-order valence-electron chi connectivity index (χ4n) is 2.00. The van der Waals surface area contributed by atoms with E-state index in [0.29, 0.717) is 6.04 Å². The van der Waals surface area contributed by atoms with E-state index in [9.17, 15) is 0 Å². The summed E-state index contributed by atoms with van der Waals surface area (Å²) in [6.45, 7) is 5.22. The van der Waals surface area contributed by atoms with Crippen molar-refractivity contribution in [2.45, 2.75) is 44.3 Å². The number of piperidine rings is 1. The third kappa shape index (κ3) is 3.46. The number of nitrogens with one attached hydrogen (secondary N) is 1. The Morgan fingerprint density at radius 1 is 1.31 bits per heavy atom. The van der Waals surface area contributed by atoms with Gasteiger partial charge in [0.1, 0.15) is 0 Å². The summed E-state index contributed by atoms with van der Waals surface area (Å²) in [4.78, 5) is 8.88. The Bertz CT molecular complexity index is 328. The molecule has 2 heterocycles. The van der Waals surface area contributed by atoms with E-state index in [1.165, 1.54) is 25.8 Å². The van der Waals surface area contributed by atoms with Crippen LogP contribution in [0.15, 0.2) is 11.2 Å². The summed E-state index contributed by atoms with van der Waals surface area (Å²) in [5.41, 5.74) is 2.12. The number of rotatable bonds is 3. The van der Waals surface area contributed by atoms with Gasteiger partial charge in [-0.2, -0.15) is 0 Å². The Labute approximate surface area is 101 Å². The molecule has 0 spiro atoms. The number of aryl methyl sites for hydroxylation is 2. The fraction of sp³-hybridized carbons (Fsp3) is 0.667. The second-order valence-corrected chi connectivity index (χ2v) is 5.38. The molecule has 0 amide bonds. The minimum Gasteiger partial charge on any atom is -0.313 e. The monoisotopic (exact) mass is 237 g/mol. The highest BCUT2D eigenvalue weighted by Gasteiger charge is 2.13. The molecule has 1 aromatic rings. The summed E-state index contributed by atoms with van der Waals surface area (Å²) in [5.74, 6) is 1.09. The van der Waals surface area contributed by atoms with E-state index in [4.69, 9.17) is 0 Å². The van der Waals surface area contributed by atoms with Gasteiger partial charge in [0.25, 0.3) is 0 Å². The third-order valence-electron chi connectivity index (χ3n) is 2.79. The van der Waals surface area contributed by atoms with Crippen LogP contribution in [0.25, 0.3) is 0 Å². The van der Waals surface area contributed by atoms with E-state index < -0.39 is 0 Å². The van der Waals surface area contributed by atoms with Crippen LogP contribution in [0.2, 0.25) is 0 Å². The lowest BCUT2D eigenvalue weighted by Crippen LogP contribution is -2.35. The van der Waals surface area contributed by atoms with Gasteiger partial charge in [0.05, 0.1) is 0 Å². The van der Waals surface area contributed by atoms with Crippen LogP contribution in [0.4, 0.5) is 0 Å². The number of hydrogen-bond donors (Lipinski definition) is 1. The van der Waals surface area contributed by atoms with Crippen LogP contribution in [0, 0.1) is 13.8 Å². The van der Waals surface area contributed by atoms with Gasteiger partial charge in [0.2, 0.25) is 0 Å². The fourth-order valence-corrected chi connectivity index (χ4v) is 3.05. The molecule has 1 aliphatic rings. The predicted octanol–water partition coefficient (Wildman–Crippen LogP) is 2.33. The highest BCUT2D eigenvalue weighted by atomic mass is 32.2. The van der Waals surface area contributed by atoms with E-state index in [2.05, 4.69) is 15.3 Å². The van der Waals surface area contributed by atoms with Crippen LogP contribution in [0.5, 0.6) is 0 Å². The topological polar surface area (TPSA) is 37.8 Å². The molecule has 1 atom stereocenters. The second-order valence-electron chi connectivity index (χ2n) is 4.39. The number of hydrogen-bond acceptors (Lipinski definition) is 4. The minimum atomic E-state index is 0.642. The lowest BCUT2D eigenvalue weighted by atomic mass is 10.1. The van der Waals surface area contributed by atoms with Crippen molar-refractivity contribution in [1.29, 1.82) is 0 Å². The molecule has 0 aromatic carbocycles. The number of thioether (sulfide) groups is 1. The van der Waals surface area contributed by atoms with E-state index in [-0.39, 0.29) is 0 Å². The molecule has 0 bridgehead atoms. The Morgan fingerprint density at radius 2 is 2.06 bits per heavy atom. The second kappa shape index (κ2) is 5.64. The lowest BCUT2D eigenvalue weighted by Gasteiger charge is -2.22. The molecule has 1 saturated heterocycles. The summed E-state index contributed by atoms with van der Waals surface area (Å²) in [5, 5.41) is 4.46. The SMILES string of the molecule is Cc1cc(C)nc(SC[C@H]2CCCCN2)n1. The van der Waals surface area contributed by atoms with Gasteiger partial charge in [0, 0.05) is 23.2 Å². The first kappa shape index (κ1) is 11.9. The van der Waals surface area contributed by atoms with E-state index in [1.807, 2.05) is 19.9 Å². The summed E-state index contributed by atoms with van der Waals surface area (Å²) in [7, 11) is 0. The molecule has 16 heavy (non-hydrogen) atoms. The molecular formula is C12H19N3S. The van der Waals surface area contributed by atoms with Crippen LogP contribution in [0.1, 0.15) is 30.7 Å². The van der Waals surface area contributed by atoms with Gasteiger partial charge in [-0.1, -0.05) is 18.2 Å². The molecule has 88 valence electrons. The molecule has 1 aromatic heterocycles. The zero-order valence-electron chi connectivity index (χ0n) is 9.99. The maximum atomic E-state index is 4.44. The third-order valence-corrected chi connectivity index (χ3v) is 3.80. The van der Waals surface area contributed by atoms with Crippen molar-refractivity contribution >= 4 is 11.8 Å². The standard InChI is InChI=1S/C12H19N3S/c1-9-7-10(2)15-12(14-9)16-8-11-5-3-4-6-13-11/h7,11,13H,3-6,8H2,1-2H3/t11-/m1/s1. The van der Waals surface area contributed by atoms with Crippen molar-refractivity contribution in [3.8, 4) is 0 Å². The van der Waals surface area contributed by atoms with Crippen molar-refractivity contribution in [3.05, 3.63) is 17.5 Å².